The van der Waals surface area contributed by atoms with Gasteiger partial charge >= 0.3 is 0 Å². The first kappa shape index (κ1) is 12.2. The largest absolute Gasteiger partial charge is 0.378 e. The van der Waals surface area contributed by atoms with Crippen LogP contribution in [0, 0.1) is 0 Å². The Bertz CT molecular complexity index is 309. The van der Waals surface area contributed by atoms with E-state index in [9.17, 15) is 4.79 Å². The first-order chi connectivity index (χ1) is 8.18. The molecule has 0 spiro atoms. The minimum Gasteiger partial charge on any atom is -0.378 e. The van der Waals surface area contributed by atoms with Crippen LogP contribution in [0.5, 0.6) is 0 Å². The van der Waals surface area contributed by atoms with E-state index in [0.717, 1.165) is 0 Å². The number of ether oxygens (including phenoxy) is 1. The number of amides is 1. The predicted octanol–water partition coefficient (Wildman–Crippen LogP) is -0.746. The van der Waals surface area contributed by atoms with Gasteiger partial charge in [-0.3, -0.25) is 4.79 Å². The van der Waals surface area contributed by atoms with Gasteiger partial charge in [0.05, 0.1) is 13.2 Å². The third-order valence-electron chi connectivity index (χ3n) is 3.20. The van der Waals surface area contributed by atoms with Crippen LogP contribution in [0.1, 0.15) is 12.8 Å². The average molecular weight is 240 g/mol. The Labute approximate surface area is 101 Å². The van der Waals surface area contributed by atoms with Crippen LogP contribution < -0.4 is 5.73 Å². The molecular formula is C11H20N4O2. The van der Waals surface area contributed by atoms with E-state index in [1.807, 2.05) is 11.9 Å². The van der Waals surface area contributed by atoms with Crippen molar-refractivity contribution in [2.24, 2.45) is 10.7 Å². The lowest BCUT2D eigenvalue weighted by Crippen LogP contribution is -2.42. The molecule has 0 aromatic carbocycles. The van der Waals surface area contributed by atoms with E-state index in [1.54, 1.807) is 4.90 Å². The van der Waals surface area contributed by atoms with Crippen molar-refractivity contribution in [2.75, 3.05) is 39.9 Å². The van der Waals surface area contributed by atoms with Crippen molar-refractivity contribution in [3.05, 3.63) is 0 Å². The van der Waals surface area contributed by atoms with Crippen molar-refractivity contribution < 1.29 is 9.53 Å². The molecule has 0 aromatic rings. The smallest absolute Gasteiger partial charge is 0.244 e. The number of morpholine rings is 1. The van der Waals surface area contributed by atoms with Crippen molar-refractivity contribution in [2.45, 2.75) is 18.9 Å². The van der Waals surface area contributed by atoms with E-state index in [0.29, 0.717) is 38.3 Å². The summed E-state index contributed by atoms with van der Waals surface area (Å²) >= 11 is 0. The highest BCUT2D eigenvalue weighted by molar-refractivity contribution is 5.84. The zero-order valence-electron chi connectivity index (χ0n) is 10.3. The average Bonchev–Trinajstić information content (AvgIpc) is 3.20. The highest BCUT2D eigenvalue weighted by Crippen LogP contribution is 2.24. The Balaban J connectivity index is 1.79. The molecule has 1 aliphatic carbocycles. The molecule has 2 rings (SSSR count). The van der Waals surface area contributed by atoms with Gasteiger partial charge in [-0.1, -0.05) is 0 Å². The van der Waals surface area contributed by atoms with E-state index in [-0.39, 0.29) is 12.5 Å². The van der Waals surface area contributed by atoms with Crippen molar-refractivity contribution >= 4 is 11.9 Å². The summed E-state index contributed by atoms with van der Waals surface area (Å²) in [5, 5.41) is 0. The Morgan fingerprint density at radius 3 is 2.71 bits per heavy atom. The third kappa shape index (κ3) is 3.33. The molecule has 2 fully saturated rings. The zero-order valence-corrected chi connectivity index (χ0v) is 10.3. The third-order valence-corrected chi connectivity index (χ3v) is 3.20. The van der Waals surface area contributed by atoms with Gasteiger partial charge in [-0.25, -0.2) is 4.99 Å². The molecule has 1 saturated heterocycles. The quantitative estimate of drug-likeness (QED) is 0.521. The van der Waals surface area contributed by atoms with E-state index >= 15 is 0 Å². The van der Waals surface area contributed by atoms with Gasteiger partial charge in [-0.15, -0.1) is 0 Å². The second-order valence-electron chi connectivity index (χ2n) is 4.51. The van der Waals surface area contributed by atoms with Gasteiger partial charge in [0.1, 0.15) is 6.54 Å². The number of hydrogen-bond donors (Lipinski definition) is 1. The first-order valence-corrected chi connectivity index (χ1v) is 6.07. The lowest BCUT2D eigenvalue weighted by Gasteiger charge is -2.26. The molecule has 1 heterocycles. The highest BCUT2D eigenvalue weighted by Gasteiger charge is 2.27. The maximum atomic E-state index is 11.8. The topological polar surface area (TPSA) is 71.2 Å². The van der Waals surface area contributed by atoms with Crippen molar-refractivity contribution in [1.82, 2.24) is 9.80 Å². The second kappa shape index (κ2) is 5.35. The molecule has 96 valence electrons. The fourth-order valence-electron chi connectivity index (χ4n) is 1.82. The number of carbonyl (C=O) groups excluding carboxylic acids is 1. The SMILES string of the molecule is CN(C(N)=NCC(=O)N1CCOCC1)C1CC1. The van der Waals surface area contributed by atoms with Crippen LogP contribution in [0.2, 0.25) is 0 Å². The molecule has 0 radical (unpaired) electrons. The Morgan fingerprint density at radius 1 is 1.47 bits per heavy atom. The van der Waals surface area contributed by atoms with Crippen LogP contribution in [0.25, 0.3) is 0 Å². The van der Waals surface area contributed by atoms with Crippen molar-refractivity contribution in [3.63, 3.8) is 0 Å². The van der Waals surface area contributed by atoms with Gasteiger partial charge in [0.2, 0.25) is 5.91 Å². The van der Waals surface area contributed by atoms with Gasteiger partial charge in [0.25, 0.3) is 0 Å². The van der Waals surface area contributed by atoms with Crippen LogP contribution in [-0.4, -0.2) is 67.6 Å². The molecular weight excluding hydrogens is 220 g/mol. The maximum absolute atomic E-state index is 11.8. The van der Waals surface area contributed by atoms with Crippen LogP contribution in [0.4, 0.5) is 0 Å². The Morgan fingerprint density at radius 2 is 2.12 bits per heavy atom. The number of nitrogens with two attached hydrogens (primary N) is 1. The lowest BCUT2D eigenvalue weighted by atomic mass is 10.4. The lowest BCUT2D eigenvalue weighted by molar-refractivity contribution is -0.133. The monoisotopic (exact) mass is 240 g/mol. The molecule has 6 nitrogen and oxygen atoms in total. The van der Waals surface area contributed by atoms with Crippen LogP contribution in [0.3, 0.4) is 0 Å². The van der Waals surface area contributed by atoms with E-state index < -0.39 is 0 Å². The standard InChI is InChI=1S/C11H20N4O2/c1-14(9-2-3-9)11(12)13-8-10(16)15-4-6-17-7-5-15/h9H,2-8H2,1H3,(H2,12,13). The number of nitrogens with zero attached hydrogens (tertiary/aromatic N) is 3. The number of aliphatic imine (C=N–C) groups is 1. The van der Waals surface area contributed by atoms with Crippen molar-refractivity contribution in [1.29, 1.82) is 0 Å². The molecule has 2 N–H and O–H groups in total. The second-order valence-corrected chi connectivity index (χ2v) is 4.51. The molecule has 0 bridgehead atoms. The molecule has 2 aliphatic rings. The fourth-order valence-corrected chi connectivity index (χ4v) is 1.82. The maximum Gasteiger partial charge on any atom is 0.244 e. The molecule has 1 aliphatic heterocycles. The molecule has 0 unspecified atom stereocenters. The number of rotatable bonds is 3. The summed E-state index contributed by atoms with van der Waals surface area (Å²) in [5.41, 5.74) is 5.82. The summed E-state index contributed by atoms with van der Waals surface area (Å²) in [6, 6.07) is 0.525. The Kier molecular flexibility index (Phi) is 3.83. The summed E-state index contributed by atoms with van der Waals surface area (Å²) in [5.74, 6) is 0.495. The van der Waals surface area contributed by atoms with Gasteiger partial charge in [-0.05, 0) is 12.8 Å². The number of guanidine groups is 1. The van der Waals surface area contributed by atoms with Crippen LogP contribution in [-0.2, 0) is 9.53 Å². The summed E-state index contributed by atoms with van der Waals surface area (Å²) in [6.07, 6.45) is 2.34. The number of carbonyl (C=O) groups is 1. The molecule has 0 aromatic heterocycles. The first-order valence-electron chi connectivity index (χ1n) is 6.07. The minimum atomic E-state index is 0.0282. The molecule has 1 amide bonds. The van der Waals surface area contributed by atoms with Gasteiger partial charge in [0, 0.05) is 26.2 Å². The normalized spacial score (nSPS) is 21.5. The van der Waals surface area contributed by atoms with Gasteiger partial charge < -0.3 is 20.3 Å². The van der Waals surface area contributed by atoms with E-state index in [4.69, 9.17) is 10.5 Å². The van der Waals surface area contributed by atoms with Crippen LogP contribution >= 0.6 is 0 Å². The summed E-state index contributed by atoms with van der Waals surface area (Å²) in [4.78, 5) is 19.7. The molecule has 17 heavy (non-hydrogen) atoms. The molecule has 0 atom stereocenters. The molecule has 6 heteroatoms. The van der Waals surface area contributed by atoms with Gasteiger partial charge in [0.15, 0.2) is 5.96 Å². The minimum absolute atomic E-state index is 0.0282. The Hall–Kier alpha value is -1.30. The van der Waals surface area contributed by atoms with Gasteiger partial charge in [-0.2, -0.15) is 0 Å². The van der Waals surface area contributed by atoms with Crippen molar-refractivity contribution in [3.8, 4) is 0 Å². The predicted molar refractivity (Wildman–Crippen MR) is 64.7 cm³/mol. The summed E-state index contributed by atoms with van der Waals surface area (Å²) < 4.78 is 5.19. The number of hydrogen-bond acceptors (Lipinski definition) is 3. The fraction of sp³-hybridized carbons (Fsp3) is 0.818. The van der Waals surface area contributed by atoms with E-state index in [2.05, 4.69) is 4.99 Å². The van der Waals surface area contributed by atoms with E-state index in [1.165, 1.54) is 12.8 Å². The summed E-state index contributed by atoms with van der Waals surface area (Å²) in [6.45, 7) is 2.70. The van der Waals surface area contributed by atoms with Crippen LogP contribution in [0.15, 0.2) is 4.99 Å². The molecule has 1 saturated carbocycles. The highest BCUT2D eigenvalue weighted by atomic mass is 16.5. The zero-order chi connectivity index (χ0) is 12.3. The summed E-state index contributed by atoms with van der Waals surface area (Å²) in [7, 11) is 1.93.